The lowest BCUT2D eigenvalue weighted by atomic mass is 10.1. The molecule has 4 rings (SSSR count). The number of benzene rings is 1. The van der Waals surface area contributed by atoms with Gasteiger partial charge in [0.2, 0.25) is 5.91 Å². The molecule has 1 aliphatic heterocycles. The monoisotopic (exact) mass is 657 g/mol. The maximum absolute atomic E-state index is 12.6. The number of hydrogen-bond acceptors (Lipinski definition) is 8. The molecule has 0 unspecified atom stereocenters. The first-order valence-corrected chi connectivity index (χ1v) is 13.7. The molecule has 2 N–H and O–H groups in total. The summed E-state index contributed by atoms with van der Waals surface area (Å²) in [6, 6.07) is 7.46. The minimum atomic E-state index is -0.415. The molecule has 0 saturated heterocycles. The van der Waals surface area contributed by atoms with E-state index in [1.807, 2.05) is 39.2 Å². The SMILES string of the molecule is CCC1=NC([N+](=O)[O-])=C(C[N+](C)(C)C/C=C/C(=O)Nc2cc3c(Nc4ccc(Br)c(Br)c4)ncnc3cn2)C1. The Labute approximate surface area is 242 Å². The van der Waals surface area contributed by atoms with Gasteiger partial charge in [-0.2, -0.15) is 0 Å². The van der Waals surface area contributed by atoms with Crippen LogP contribution in [0.5, 0.6) is 0 Å². The summed E-state index contributed by atoms with van der Waals surface area (Å²) in [7, 11) is 3.92. The highest BCUT2D eigenvalue weighted by molar-refractivity contribution is 9.13. The number of amides is 1. The lowest BCUT2D eigenvalue weighted by Crippen LogP contribution is -2.41. The zero-order chi connectivity index (χ0) is 28.2. The Kier molecular flexibility index (Phi) is 8.83. The number of aromatic nitrogens is 3. The van der Waals surface area contributed by atoms with Crippen LogP contribution < -0.4 is 10.6 Å². The summed E-state index contributed by atoms with van der Waals surface area (Å²) >= 11 is 6.96. The molecule has 3 aromatic rings. The predicted molar refractivity (Wildman–Crippen MR) is 158 cm³/mol. The number of hydrogen-bond donors (Lipinski definition) is 2. The number of carbonyl (C=O) groups is 1. The van der Waals surface area contributed by atoms with Gasteiger partial charge in [-0.3, -0.25) is 4.79 Å². The lowest BCUT2D eigenvalue weighted by Gasteiger charge is -2.28. The number of rotatable bonds is 10. The van der Waals surface area contributed by atoms with Crippen molar-refractivity contribution in [3.8, 4) is 0 Å². The number of quaternary nitrogens is 1. The summed E-state index contributed by atoms with van der Waals surface area (Å²) in [5.41, 5.74) is 2.99. The van der Waals surface area contributed by atoms with Crippen LogP contribution in [0.2, 0.25) is 0 Å². The molecular weight excluding hydrogens is 632 g/mol. The molecule has 0 spiro atoms. The average Bonchev–Trinajstić information content (AvgIpc) is 3.29. The third kappa shape index (κ3) is 7.31. The Morgan fingerprint density at radius 1 is 1.18 bits per heavy atom. The number of nitrogens with one attached hydrogen (secondary N) is 2. The normalized spacial score (nSPS) is 13.7. The molecule has 1 aliphatic rings. The molecule has 0 fully saturated rings. The van der Waals surface area contributed by atoms with Gasteiger partial charge in [0.05, 0.1) is 37.9 Å². The van der Waals surface area contributed by atoms with Gasteiger partial charge >= 0.3 is 5.82 Å². The minimum absolute atomic E-state index is 0.0484. The summed E-state index contributed by atoms with van der Waals surface area (Å²) in [5, 5.41) is 18.2. The van der Waals surface area contributed by atoms with Crippen molar-refractivity contribution >= 4 is 71.7 Å². The van der Waals surface area contributed by atoms with Crippen molar-refractivity contribution < 1.29 is 14.2 Å². The van der Waals surface area contributed by atoms with Gasteiger partial charge in [-0.1, -0.05) is 6.92 Å². The quantitative estimate of drug-likeness (QED) is 0.125. The predicted octanol–water partition coefficient (Wildman–Crippen LogP) is 5.61. The fourth-order valence-corrected chi connectivity index (χ4v) is 4.75. The van der Waals surface area contributed by atoms with Crippen LogP contribution in [-0.2, 0) is 4.79 Å². The van der Waals surface area contributed by atoms with E-state index in [4.69, 9.17) is 0 Å². The van der Waals surface area contributed by atoms with Crippen LogP contribution in [0.4, 0.5) is 17.3 Å². The fourth-order valence-electron chi connectivity index (χ4n) is 4.13. The maximum Gasteiger partial charge on any atom is 0.368 e. The second-order valence-electron chi connectivity index (χ2n) is 9.62. The van der Waals surface area contributed by atoms with Gasteiger partial charge in [-0.25, -0.2) is 15.0 Å². The summed E-state index contributed by atoms with van der Waals surface area (Å²) in [5.74, 6) is 0.546. The molecule has 3 heterocycles. The first kappa shape index (κ1) is 28.5. The molecule has 0 bridgehead atoms. The van der Waals surface area contributed by atoms with Crippen molar-refractivity contribution in [1.29, 1.82) is 0 Å². The van der Waals surface area contributed by atoms with E-state index >= 15 is 0 Å². The van der Waals surface area contributed by atoms with Gasteiger partial charge in [-0.05, 0) is 72.1 Å². The molecule has 2 aromatic heterocycles. The van der Waals surface area contributed by atoms with Crippen LogP contribution in [0.1, 0.15) is 19.8 Å². The highest BCUT2D eigenvalue weighted by Crippen LogP contribution is 2.30. The zero-order valence-electron chi connectivity index (χ0n) is 21.6. The van der Waals surface area contributed by atoms with E-state index in [2.05, 4.69) is 62.4 Å². The van der Waals surface area contributed by atoms with Gasteiger partial charge < -0.3 is 25.2 Å². The van der Waals surface area contributed by atoms with Crippen LogP contribution >= 0.6 is 31.9 Å². The largest absolute Gasteiger partial charge is 0.368 e. The molecule has 0 atom stereocenters. The first-order chi connectivity index (χ1) is 18.5. The molecule has 1 aromatic carbocycles. The first-order valence-electron chi connectivity index (χ1n) is 12.1. The van der Waals surface area contributed by atoms with E-state index in [1.165, 1.54) is 12.4 Å². The number of anilines is 3. The number of aliphatic imine (C=N–C) groups is 1. The highest BCUT2D eigenvalue weighted by atomic mass is 79.9. The van der Waals surface area contributed by atoms with E-state index in [9.17, 15) is 14.9 Å². The van der Waals surface area contributed by atoms with Gasteiger partial charge in [0.1, 0.15) is 30.2 Å². The van der Waals surface area contributed by atoms with E-state index in [0.29, 0.717) is 58.5 Å². The molecule has 202 valence electrons. The fraction of sp³-hybridized carbons (Fsp3) is 0.269. The summed E-state index contributed by atoms with van der Waals surface area (Å²) < 4.78 is 2.27. The molecule has 13 heteroatoms. The topological polar surface area (TPSA) is 135 Å². The second-order valence-corrected chi connectivity index (χ2v) is 11.3. The van der Waals surface area contributed by atoms with Crippen molar-refractivity contribution in [1.82, 2.24) is 15.0 Å². The molecule has 0 radical (unpaired) electrons. The number of nitrogens with zero attached hydrogens (tertiary/aromatic N) is 6. The number of halogens is 2. The van der Waals surface area contributed by atoms with E-state index in [0.717, 1.165) is 20.3 Å². The van der Waals surface area contributed by atoms with E-state index in [-0.39, 0.29) is 11.7 Å². The third-order valence-electron chi connectivity index (χ3n) is 6.02. The zero-order valence-corrected chi connectivity index (χ0v) is 24.8. The molecule has 11 nitrogen and oxygen atoms in total. The van der Waals surface area contributed by atoms with Gasteiger partial charge in [0, 0.05) is 38.9 Å². The summed E-state index contributed by atoms with van der Waals surface area (Å²) in [6.07, 6.45) is 7.42. The molecule has 0 saturated carbocycles. The van der Waals surface area contributed by atoms with Crippen molar-refractivity contribution in [3.63, 3.8) is 0 Å². The van der Waals surface area contributed by atoms with Gasteiger partial charge in [-0.15, -0.1) is 0 Å². The Balaban J connectivity index is 1.41. The molecule has 0 aliphatic carbocycles. The Morgan fingerprint density at radius 2 is 1.97 bits per heavy atom. The molecule has 39 heavy (non-hydrogen) atoms. The van der Waals surface area contributed by atoms with Gasteiger partial charge in [0.25, 0.3) is 0 Å². The Bertz CT molecular complexity index is 1530. The highest BCUT2D eigenvalue weighted by Gasteiger charge is 2.32. The summed E-state index contributed by atoms with van der Waals surface area (Å²) in [4.78, 5) is 40.7. The standard InChI is InChI=1S/C26H26Br2N8O3/c1-4-17-10-16(26(33-17)35(38)39)14-36(2,3)9-5-6-24(37)34-23-12-19-22(13-29-23)30-15-31-25(19)32-18-7-8-20(27)21(28)11-18/h5-8,11-13,15H,4,9-10,14H2,1-3H3,(H-,29,30,31,32,34,37)/p+1/b6-5+. The Morgan fingerprint density at radius 3 is 2.69 bits per heavy atom. The smallest absolute Gasteiger partial charge is 0.358 e. The average molecular weight is 659 g/mol. The van der Waals surface area contributed by atoms with Crippen molar-refractivity contribution in [2.24, 2.45) is 4.99 Å². The van der Waals surface area contributed by atoms with Crippen LogP contribution in [0.3, 0.4) is 0 Å². The second kappa shape index (κ2) is 12.1. The van der Waals surface area contributed by atoms with Crippen LogP contribution in [-0.4, -0.2) is 63.2 Å². The minimum Gasteiger partial charge on any atom is -0.358 e. The van der Waals surface area contributed by atoms with Crippen LogP contribution in [0.25, 0.3) is 10.9 Å². The van der Waals surface area contributed by atoms with Crippen molar-refractivity contribution in [2.75, 3.05) is 37.8 Å². The van der Waals surface area contributed by atoms with Crippen molar-refractivity contribution in [2.45, 2.75) is 19.8 Å². The third-order valence-corrected chi connectivity index (χ3v) is 7.90. The maximum atomic E-state index is 12.6. The number of likely N-dealkylation sites (N-methyl/N-ethyl adjacent to an activating group) is 1. The number of carbonyl (C=O) groups excluding carboxylic acids is 1. The summed E-state index contributed by atoms with van der Waals surface area (Å²) in [6.45, 7) is 2.91. The number of nitro groups is 1. The molecular formula is C26H27Br2N8O3+. The number of fused-ring (bicyclic) bond motifs is 1. The lowest BCUT2D eigenvalue weighted by molar-refractivity contribution is -0.880. The van der Waals surface area contributed by atoms with Gasteiger partial charge in [0.15, 0.2) is 0 Å². The van der Waals surface area contributed by atoms with E-state index < -0.39 is 4.92 Å². The van der Waals surface area contributed by atoms with Crippen molar-refractivity contribution in [3.05, 3.63) is 79.4 Å². The van der Waals surface area contributed by atoms with Crippen LogP contribution in [0.15, 0.2) is 74.3 Å². The molecule has 1 amide bonds. The number of pyridine rings is 1. The Hall–Kier alpha value is -3.55. The van der Waals surface area contributed by atoms with E-state index in [1.54, 1.807) is 18.3 Å². The van der Waals surface area contributed by atoms with Crippen LogP contribution in [0, 0.1) is 10.1 Å².